The number of hydrogen-bond donors (Lipinski definition) is 2. The summed E-state index contributed by atoms with van der Waals surface area (Å²) in [5, 5.41) is 7.16. The molecule has 190 valence electrons. The molecule has 2 aromatic rings. The van der Waals surface area contributed by atoms with Crippen molar-refractivity contribution in [2.24, 2.45) is 0 Å². The van der Waals surface area contributed by atoms with Crippen LogP contribution in [0.15, 0.2) is 24.4 Å². The number of nitrogens with one attached hydrogen (secondary N) is 2. The second-order valence-electron chi connectivity index (χ2n) is 10.4. The summed E-state index contributed by atoms with van der Waals surface area (Å²) in [7, 11) is 6.07. The fourth-order valence-electron chi connectivity index (χ4n) is 5.73. The lowest BCUT2D eigenvalue weighted by molar-refractivity contribution is 0.234. The molecule has 2 N–H and O–H groups in total. The van der Waals surface area contributed by atoms with Gasteiger partial charge in [-0.3, -0.25) is 0 Å². The Labute approximate surface area is 210 Å². The molecule has 0 atom stereocenters. The Morgan fingerprint density at radius 3 is 2.57 bits per heavy atom. The van der Waals surface area contributed by atoms with Crippen LogP contribution in [0.4, 0.5) is 23.1 Å². The monoisotopic (exact) mass is 479 g/mol. The smallest absolute Gasteiger partial charge is 0.229 e. The average molecular weight is 480 g/mol. The highest BCUT2D eigenvalue weighted by Gasteiger charge is 2.29. The first-order valence-corrected chi connectivity index (χ1v) is 13.3. The van der Waals surface area contributed by atoms with Crippen molar-refractivity contribution in [1.29, 1.82) is 0 Å². The number of rotatable bonds is 7. The van der Waals surface area contributed by atoms with Crippen LogP contribution in [0.1, 0.15) is 50.5 Å². The van der Waals surface area contributed by atoms with Crippen LogP contribution < -0.4 is 25.2 Å². The number of aromatic nitrogens is 2. The second-order valence-corrected chi connectivity index (χ2v) is 10.4. The summed E-state index contributed by atoms with van der Waals surface area (Å²) in [6.07, 6.45) is 10.7. The number of anilines is 4. The van der Waals surface area contributed by atoms with E-state index in [0.717, 1.165) is 49.0 Å². The topological polar surface area (TPSA) is 68.8 Å². The minimum atomic E-state index is 0.587. The zero-order valence-electron chi connectivity index (χ0n) is 21.6. The SMILES string of the molecule is COc1cc(CNC2CCN(C)CC2)ccc1Nc1ncc2c(n1)N(C1CCCC1)CCCN2C. The third kappa shape index (κ3) is 5.64. The highest BCUT2D eigenvalue weighted by molar-refractivity contribution is 5.71. The zero-order chi connectivity index (χ0) is 24.2. The highest BCUT2D eigenvalue weighted by atomic mass is 16.5. The summed E-state index contributed by atoms with van der Waals surface area (Å²) >= 11 is 0. The van der Waals surface area contributed by atoms with Gasteiger partial charge in [-0.1, -0.05) is 18.9 Å². The number of fused-ring (bicyclic) bond motifs is 1. The van der Waals surface area contributed by atoms with E-state index >= 15 is 0 Å². The van der Waals surface area contributed by atoms with Crippen molar-refractivity contribution in [3.63, 3.8) is 0 Å². The van der Waals surface area contributed by atoms with E-state index in [9.17, 15) is 0 Å². The summed E-state index contributed by atoms with van der Waals surface area (Å²) in [4.78, 5) is 16.9. The molecule has 3 aliphatic rings. The van der Waals surface area contributed by atoms with Crippen LogP contribution >= 0.6 is 0 Å². The number of methoxy groups -OCH3 is 1. The standard InChI is InChI=1S/C27H41N7O/c1-32-15-11-21(12-16-32)28-18-20-9-10-23(25(17-20)35-3)30-27-29-19-24-26(31-27)34(14-6-13-33(24)2)22-7-4-5-8-22/h9-10,17,19,21-22,28H,4-8,11-16,18H2,1-3H3,(H,29,30,31). The Bertz CT molecular complexity index is 985. The normalized spacial score (nSPS) is 20.1. The largest absolute Gasteiger partial charge is 0.495 e. The van der Waals surface area contributed by atoms with Crippen molar-refractivity contribution >= 4 is 23.1 Å². The molecule has 3 heterocycles. The number of likely N-dealkylation sites (tertiary alicyclic amines) is 1. The van der Waals surface area contributed by atoms with E-state index in [4.69, 9.17) is 9.72 Å². The van der Waals surface area contributed by atoms with Gasteiger partial charge in [0.15, 0.2) is 5.82 Å². The van der Waals surface area contributed by atoms with Gasteiger partial charge in [0.25, 0.3) is 0 Å². The van der Waals surface area contributed by atoms with Gasteiger partial charge >= 0.3 is 0 Å². The Hall–Kier alpha value is -2.58. The molecule has 1 aromatic carbocycles. The highest BCUT2D eigenvalue weighted by Crippen LogP contribution is 2.36. The van der Waals surface area contributed by atoms with E-state index in [-0.39, 0.29) is 0 Å². The first-order valence-electron chi connectivity index (χ1n) is 13.3. The van der Waals surface area contributed by atoms with Gasteiger partial charge in [-0.15, -0.1) is 0 Å². The molecule has 0 unspecified atom stereocenters. The summed E-state index contributed by atoms with van der Waals surface area (Å²) in [5.41, 5.74) is 3.25. The summed E-state index contributed by atoms with van der Waals surface area (Å²) in [6.45, 7) is 5.27. The predicted octanol–water partition coefficient (Wildman–Crippen LogP) is 4.00. The molecule has 2 aliphatic heterocycles. The molecule has 8 nitrogen and oxygen atoms in total. The predicted molar refractivity (Wildman–Crippen MR) is 143 cm³/mol. The van der Waals surface area contributed by atoms with Crippen LogP contribution in [0, 0.1) is 0 Å². The molecule has 0 radical (unpaired) electrons. The van der Waals surface area contributed by atoms with Gasteiger partial charge in [0.1, 0.15) is 5.75 Å². The number of piperidine rings is 1. The van der Waals surface area contributed by atoms with Gasteiger partial charge in [-0.25, -0.2) is 4.98 Å². The molecule has 0 spiro atoms. The maximum Gasteiger partial charge on any atom is 0.229 e. The molecule has 2 fully saturated rings. The van der Waals surface area contributed by atoms with Crippen molar-refractivity contribution in [3.05, 3.63) is 30.0 Å². The van der Waals surface area contributed by atoms with E-state index in [1.54, 1.807) is 7.11 Å². The molecule has 35 heavy (non-hydrogen) atoms. The fourth-order valence-corrected chi connectivity index (χ4v) is 5.73. The Kier molecular flexibility index (Phi) is 7.58. The number of hydrogen-bond acceptors (Lipinski definition) is 8. The maximum atomic E-state index is 5.75. The van der Waals surface area contributed by atoms with E-state index in [0.29, 0.717) is 18.0 Å². The van der Waals surface area contributed by atoms with Crippen LogP contribution in [0.2, 0.25) is 0 Å². The Morgan fingerprint density at radius 1 is 1.00 bits per heavy atom. The molecule has 0 bridgehead atoms. The summed E-state index contributed by atoms with van der Waals surface area (Å²) in [5.74, 6) is 2.50. The quantitative estimate of drug-likeness (QED) is 0.618. The third-order valence-electron chi connectivity index (χ3n) is 7.92. The number of benzene rings is 1. The van der Waals surface area contributed by atoms with Crippen molar-refractivity contribution in [2.75, 3.05) is 62.5 Å². The van der Waals surface area contributed by atoms with Gasteiger partial charge in [-0.05, 0) is 69.9 Å². The summed E-state index contributed by atoms with van der Waals surface area (Å²) < 4.78 is 5.75. The molecular formula is C27H41N7O. The van der Waals surface area contributed by atoms with Crippen LogP contribution in [0.25, 0.3) is 0 Å². The van der Waals surface area contributed by atoms with Crippen LogP contribution in [0.3, 0.4) is 0 Å². The Morgan fingerprint density at radius 2 is 1.80 bits per heavy atom. The molecular weight excluding hydrogens is 438 g/mol. The molecule has 1 saturated heterocycles. The van der Waals surface area contributed by atoms with E-state index in [2.05, 4.69) is 62.6 Å². The average Bonchev–Trinajstić information content (AvgIpc) is 3.36. The van der Waals surface area contributed by atoms with Crippen LogP contribution in [-0.2, 0) is 6.54 Å². The molecule has 1 aliphatic carbocycles. The molecule has 0 amide bonds. The zero-order valence-corrected chi connectivity index (χ0v) is 21.6. The summed E-state index contributed by atoms with van der Waals surface area (Å²) in [6, 6.07) is 7.54. The van der Waals surface area contributed by atoms with Gasteiger partial charge in [0, 0.05) is 38.8 Å². The number of nitrogens with zero attached hydrogens (tertiary/aromatic N) is 5. The van der Waals surface area contributed by atoms with Crippen molar-refractivity contribution < 1.29 is 4.74 Å². The second kappa shape index (κ2) is 11.0. The van der Waals surface area contributed by atoms with Gasteiger partial charge < -0.3 is 30.1 Å². The lowest BCUT2D eigenvalue weighted by Crippen LogP contribution is -2.40. The van der Waals surface area contributed by atoms with Crippen molar-refractivity contribution in [3.8, 4) is 5.75 Å². The van der Waals surface area contributed by atoms with E-state index in [1.165, 1.54) is 57.2 Å². The van der Waals surface area contributed by atoms with E-state index < -0.39 is 0 Å². The molecule has 1 aromatic heterocycles. The molecule has 1 saturated carbocycles. The minimum absolute atomic E-state index is 0.587. The first-order chi connectivity index (χ1) is 17.1. The van der Waals surface area contributed by atoms with Crippen LogP contribution in [-0.4, -0.2) is 74.3 Å². The van der Waals surface area contributed by atoms with Gasteiger partial charge in [-0.2, -0.15) is 4.98 Å². The maximum absolute atomic E-state index is 5.75. The van der Waals surface area contributed by atoms with Crippen molar-refractivity contribution in [1.82, 2.24) is 20.2 Å². The van der Waals surface area contributed by atoms with Crippen molar-refractivity contribution in [2.45, 2.75) is 63.6 Å². The minimum Gasteiger partial charge on any atom is -0.495 e. The molecule has 8 heteroatoms. The first kappa shape index (κ1) is 24.1. The number of ether oxygens (including phenoxy) is 1. The van der Waals surface area contributed by atoms with Gasteiger partial charge in [0.2, 0.25) is 5.95 Å². The van der Waals surface area contributed by atoms with Crippen LogP contribution in [0.5, 0.6) is 5.75 Å². The fraction of sp³-hybridized carbons (Fsp3) is 0.630. The van der Waals surface area contributed by atoms with Gasteiger partial charge in [0.05, 0.1) is 24.7 Å². The lowest BCUT2D eigenvalue weighted by Gasteiger charge is -2.30. The third-order valence-corrected chi connectivity index (χ3v) is 7.92. The molecule has 5 rings (SSSR count). The Balaban J connectivity index is 1.31. The lowest BCUT2D eigenvalue weighted by atomic mass is 10.0. The van der Waals surface area contributed by atoms with E-state index in [1.807, 2.05) is 6.20 Å².